The van der Waals surface area contributed by atoms with E-state index < -0.39 is 0 Å². The number of nitrogens with one attached hydrogen (secondary N) is 1. The molecule has 0 spiro atoms. The lowest BCUT2D eigenvalue weighted by Gasteiger charge is -2.20. The normalized spacial score (nSPS) is 19.9. The highest BCUT2D eigenvalue weighted by atomic mass is 35.5. The SMILES string of the molecule is CCCNC(CCCC1CCCO1)c1cc(Cl)cc(Cl)c1. The van der Waals surface area contributed by atoms with Gasteiger partial charge in [0, 0.05) is 22.7 Å². The smallest absolute Gasteiger partial charge is 0.0576 e. The van der Waals surface area contributed by atoms with Gasteiger partial charge < -0.3 is 10.1 Å². The summed E-state index contributed by atoms with van der Waals surface area (Å²) in [4.78, 5) is 0. The van der Waals surface area contributed by atoms with Crippen molar-refractivity contribution in [3.8, 4) is 0 Å². The van der Waals surface area contributed by atoms with Crippen LogP contribution in [0.5, 0.6) is 0 Å². The molecule has 2 rings (SSSR count). The zero-order valence-electron chi connectivity index (χ0n) is 12.7. The Labute approximate surface area is 138 Å². The summed E-state index contributed by atoms with van der Waals surface area (Å²) >= 11 is 12.3. The van der Waals surface area contributed by atoms with Crippen LogP contribution in [0.2, 0.25) is 10.0 Å². The zero-order chi connectivity index (χ0) is 15.1. The second kappa shape index (κ2) is 8.99. The number of hydrogen-bond acceptors (Lipinski definition) is 2. The van der Waals surface area contributed by atoms with Gasteiger partial charge in [-0.25, -0.2) is 0 Å². The summed E-state index contributed by atoms with van der Waals surface area (Å²) < 4.78 is 5.70. The van der Waals surface area contributed by atoms with Gasteiger partial charge in [-0.3, -0.25) is 0 Å². The lowest BCUT2D eigenvalue weighted by molar-refractivity contribution is 0.101. The summed E-state index contributed by atoms with van der Waals surface area (Å²) in [7, 11) is 0. The molecule has 0 aromatic heterocycles. The van der Waals surface area contributed by atoms with E-state index in [1.165, 1.54) is 18.4 Å². The number of benzene rings is 1. The second-order valence-electron chi connectivity index (χ2n) is 5.78. The summed E-state index contributed by atoms with van der Waals surface area (Å²) in [5.41, 5.74) is 1.19. The molecule has 0 amide bonds. The minimum Gasteiger partial charge on any atom is -0.378 e. The Morgan fingerprint density at radius 1 is 1.29 bits per heavy atom. The number of ether oxygens (including phenoxy) is 1. The molecule has 2 unspecified atom stereocenters. The Hall–Kier alpha value is -0.280. The van der Waals surface area contributed by atoms with E-state index in [0.717, 1.165) is 38.8 Å². The summed E-state index contributed by atoms with van der Waals surface area (Å²) in [6.45, 7) is 4.13. The highest BCUT2D eigenvalue weighted by Crippen LogP contribution is 2.27. The summed E-state index contributed by atoms with van der Waals surface area (Å²) in [5, 5.41) is 5.02. The summed E-state index contributed by atoms with van der Waals surface area (Å²) in [5.74, 6) is 0. The van der Waals surface area contributed by atoms with Crippen LogP contribution < -0.4 is 5.32 Å². The van der Waals surface area contributed by atoms with Gasteiger partial charge >= 0.3 is 0 Å². The summed E-state index contributed by atoms with van der Waals surface area (Å²) in [6.07, 6.45) is 7.43. The highest BCUT2D eigenvalue weighted by Gasteiger charge is 2.17. The monoisotopic (exact) mass is 329 g/mol. The Kier molecular flexibility index (Phi) is 7.31. The Morgan fingerprint density at radius 2 is 2.05 bits per heavy atom. The summed E-state index contributed by atoms with van der Waals surface area (Å²) in [6, 6.07) is 6.15. The molecule has 0 bridgehead atoms. The maximum atomic E-state index is 6.13. The molecule has 1 aliphatic rings. The first-order chi connectivity index (χ1) is 10.2. The number of hydrogen-bond donors (Lipinski definition) is 1. The van der Waals surface area contributed by atoms with Crippen molar-refractivity contribution in [2.75, 3.05) is 13.2 Å². The predicted molar refractivity (Wildman–Crippen MR) is 90.3 cm³/mol. The van der Waals surface area contributed by atoms with E-state index in [2.05, 4.69) is 12.2 Å². The zero-order valence-corrected chi connectivity index (χ0v) is 14.2. The van der Waals surface area contributed by atoms with E-state index in [-0.39, 0.29) is 0 Å². The van der Waals surface area contributed by atoms with Crippen LogP contribution >= 0.6 is 23.2 Å². The van der Waals surface area contributed by atoms with Gasteiger partial charge in [-0.2, -0.15) is 0 Å². The maximum absolute atomic E-state index is 6.13. The van der Waals surface area contributed by atoms with E-state index >= 15 is 0 Å². The molecule has 2 atom stereocenters. The highest BCUT2D eigenvalue weighted by molar-refractivity contribution is 6.34. The average Bonchev–Trinajstić information content (AvgIpc) is 2.94. The van der Waals surface area contributed by atoms with Crippen LogP contribution in [0.15, 0.2) is 18.2 Å². The minimum absolute atomic E-state index is 0.322. The van der Waals surface area contributed by atoms with Gasteiger partial charge in [-0.05, 0) is 68.8 Å². The van der Waals surface area contributed by atoms with Crippen molar-refractivity contribution in [1.29, 1.82) is 0 Å². The molecule has 4 heteroatoms. The number of rotatable bonds is 8. The van der Waals surface area contributed by atoms with Crippen molar-refractivity contribution < 1.29 is 4.74 Å². The Balaban J connectivity index is 1.92. The molecule has 0 aliphatic carbocycles. The third-order valence-corrected chi connectivity index (χ3v) is 4.41. The van der Waals surface area contributed by atoms with E-state index in [4.69, 9.17) is 27.9 Å². The predicted octanol–water partition coefficient (Wildman–Crippen LogP) is 5.38. The first-order valence-electron chi connectivity index (χ1n) is 8.00. The molecule has 1 aromatic carbocycles. The average molecular weight is 330 g/mol. The van der Waals surface area contributed by atoms with Gasteiger partial charge in [0.2, 0.25) is 0 Å². The first-order valence-corrected chi connectivity index (χ1v) is 8.75. The first kappa shape index (κ1) is 17.1. The molecular weight excluding hydrogens is 305 g/mol. The van der Waals surface area contributed by atoms with Crippen molar-refractivity contribution in [2.24, 2.45) is 0 Å². The van der Waals surface area contributed by atoms with Gasteiger partial charge in [0.15, 0.2) is 0 Å². The molecule has 0 radical (unpaired) electrons. The minimum atomic E-state index is 0.322. The quantitative estimate of drug-likeness (QED) is 0.690. The molecule has 118 valence electrons. The van der Waals surface area contributed by atoms with Crippen LogP contribution in [0.4, 0.5) is 0 Å². The van der Waals surface area contributed by atoms with Crippen LogP contribution in [0.1, 0.15) is 57.1 Å². The van der Waals surface area contributed by atoms with Crippen molar-refractivity contribution in [3.63, 3.8) is 0 Å². The molecule has 1 heterocycles. The molecule has 2 nitrogen and oxygen atoms in total. The van der Waals surface area contributed by atoms with Crippen molar-refractivity contribution in [3.05, 3.63) is 33.8 Å². The lowest BCUT2D eigenvalue weighted by Crippen LogP contribution is -2.22. The fourth-order valence-electron chi connectivity index (χ4n) is 2.90. The molecule has 1 saturated heterocycles. The van der Waals surface area contributed by atoms with Crippen molar-refractivity contribution in [2.45, 2.75) is 57.6 Å². The topological polar surface area (TPSA) is 21.3 Å². The van der Waals surface area contributed by atoms with E-state index in [1.807, 2.05) is 12.1 Å². The van der Waals surface area contributed by atoms with Crippen LogP contribution in [0.3, 0.4) is 0 Å². The third kappa shape index (κ3) is 5.78. The van der Waals surface area contributed by atoms with E-state index in [0.29, 0.717) is 22.2 Å². The third-order valence-electron chi connectivity index (χ3n) is 3.97. The molecule has 1 fully saturated rings. The van der Waals surface area contributed by atoms with Crippen LogP contribution in [0, 0.1) is 0 Å². The van der Waals surface area contributed by atoms with E-state index in [9.17, 15) is 0 Å². The molecule has 21 heavy (non-hydrogen) atoms. The molecular formula is C17H25Cl2NO. The molecule has 0 saturated carbocycles. The van der Waals surface area contributed by atoms with Gasteiger partial charge in [0.05, 0.1) is 6.10 Å². The number of halogens is 2. The van der Waals surface area contributed by atoms with Gasteiger partial charge in [-0.15, -0.1) is 0 Å². The molecule has 1 N–H and O–H groups in total. The van der Waals surface area contributed by atoms with Crippen LogP contribution in [-0.4, -0.2) is 19.3 Å². The van der Waals surface area contributed by atoms with Crippen LogP contribution in [-0.2, 0) is 4.74 Å². The molecule has 1 aliphatic heterocycles. The van der Waals surface area contributed by atoms with E-state index in [1.54, 1.807) is 6.07 Å². The Bertz CT molecular complexity index is 413. The van der Waals surface area contributed by atoms with Crippen molar-refractivity contribution >= 4 is 23.2 Å². The maximum Gasteiger partial charge on any atom is 0.0576 e. The van der Waals surface area contributed by atoms with Crippen LogP contribution in [0.25, 0.3) is 0 Å². The van der Waals surface area contributed by atoms with Gasteiger partial charge in [0.1, 0.15) is 0 Å². The Morgan fingerprint density at radius 3 is 2.67 bits per heavy atom. The lowest BCUT2D eigenvalue weighted by atomic mass is 9.99. The van der Waals surface area contributed by atoms with Crippen molar-refractivity contribution in [1.82, 2.24) is 5.32 Å². The standard InChI is InChI=1S/C17H25Cl2NO/c1-2-8-20-17(7-3-5-16-6-4-9-21-16)13-10-14(18)12-15(19)11-13/h10-12,16-17,20H,2-9H2,1H3. The van der Waals surface area contributed by atoms with Gasteiger partial charge in [-0.1, -0.05) is 30.1 Å². The van der Waals surface area contributed by atoms with Gasteiger partial charge in [0.25, 0.3) is 0 Å². The second-order valence-corrected chi connectivity index (χ2v) is 6.65. The molecule has 1 aromatic rings. The fraction of sp³-hybridized carbons (Fsp3) is 0.647. The fourth-order valence-corrected chi connectivity index (χ4v) is 3.45. The largest absolute Gasteiger partial charge is 0.378 e.